The molecule has 0 aliphatic carbocycles. The van der Waals surface area contributed by atoms with Gasteiger partial charge < -0.3 is 9.11 Å². The zero-order valence-corrected chi connectivity index (χ0v) is 18.3. The average Bonchev–Trinajstić information content (AvgIpc) is 2.17. The number of thiol groups is 2. The van der Waals surface area contributed by atoms with Crippen molar-refractivity contribution in [3.8, 4) is 0 Å². The summed E-state index contributed by atoms with van der Waals surface area (Å²) in [5.74, 6) is 0. The molecule has 0 saturated heterocycles. The molecule has 112 valence electrons. The van der Waals surface area contributed by atoms with Gasteiger partial charge >= 0.3 is 19.5 Å². The summed E-state index contributed by atoms with van der Waals surface area (Å²) in [4.78, 5) is 0. The second-order valence-electron chi connectivity index (χ2n) is 2.87. The summed E-state index contributed by atoms with van der Waals surface area (Å²) in [7, 11) is -6.72. The largest absolute Gasteiger partial charge is 2.00 e. The summed E-state index contributed by atoms with van der Waals surface area (Å²) in [5.41, 5.74) is 0. The van der Waals surface area contributed by atoms with Crippen LogP contribution in [0.3, 0.4) is 0 Å². The number of hydrogen-bond donors (Lipinski definition) is 2. The molecule has 0 aromatic carbocycles. The van der Waals surface area contributed by atoms with Crippen LogP contribution in [0.15, 0.2) is 0 Å². The van der Waals surface area contributed by atoms with Crippen LogP contribution < -0.4 is 0 Å². The molecule has 0 rings (SSSR count). The molecule has 0 heterocycles. The Bertz CT molecular complexity index is 360. The SMILES string of the molecule is CCC(SS)S(=O)(=O)[O-].CCC(SS)S(=O)(=O)[O-].[Zn+2]. The molecular formula is C6H14O6S6Zn. The summed E-state index contributed by atoms with van der Waals surface area (Å²) in [5, 5.41) is 0. The Morgan fingerprint density at radius 1 is 0.895 bits per heavy atom. The minimum absolute atomic E-state index is 0. The van der Waals surface area contributed by atoms with Gasteiger partial charge in [0.1, 0.15) is 29.4 Å². The van der Waals surface area contributed by atoms with Crippen molar-refractivity contribution in [2.45, 2.75) is 35.9 Å². The van der Waals surface area contributed by atoms with Gasteiger partial charge in [0.2, 0.25) is 0 Å². The number of hydrogen-bond acceptors (Lipinski definition) is 10. The molecule has 13 heteroatoms. The van der Waals surface area contributed by atoms with E-state index < -0.39 is 29.4 Å². The first kappa shape index (κ1) is 25.8. The number of rotatable bonds is 6. The Kier molecular flexibility index (Phi) is 16.8. The Hall–Kier alpha value is 1.84. The van der Waals surface area contributed by atoms with Crippen molar-refractivity contribution in [2.24, 2.45) is 0 Å². The van der Waals surface area contributed by atoms with Crippen molar-refractivity contribution in [1.82, 2.24) is 0 Å². The van der Waals surface area contributed by atoms with Crippen LogP contribution in [0.5, 0.6) is 0 Å². The maximum absolute atomic E-state index is 10.2. The molecule has 0 aromatic rings. The zero-order chi connectivity index (χ0) is 15.0. The van der Waals surface area contributed by atoms with Crippen LogP contribution in [0, 0.1) is 0 Å². The van der Waals surface area contributed by atoms with Gasteiger partial charge in [0.25, 0.3) is 0 Å². The van der Waals surface area contributed by atoms with E-state index in [1.54, 1.807) is 13.8 Å². The predicted octanol–water partition coefficient (Wildman–Crippen LogP) is 1.69. The van der Waals surface area contributed by atoms with E-state index in [0.29, 0.717) is 12.8 Å². The Morgan fingerprint density at radius 2 is 1.11 bits per heavy atom. The average molecular weight is 440 g/mol. The van der Waals surface area contributed by atoms with Gasteiger partial charge in [-0.3, -0.25) is 0 Å². The minimum Gasteiger partial charge on any atom is -0.747 e. The van der Waals surface area contributed by atoms with Crippen molar-refractivity contribution in [1.29, 1.82) is 0 Å². The van der Waals surface area contributed by atoms with Gasteiger partial charge in [-0.1, -0.05) is 35.4 Å². The fraction of sp³-hybridized carbons (Fsp3) is 1.00. The summed E-state index contributed by atoms with van der Waals surface area (Å²) in [6.45, 7) is 3.26. The van der Waals surface area contributed by atoms with Crippen molar-refractivity contribution in [3.63, 3.8) is 0 Å². The predicted molar refractivity (Wildman–Crippen MR) is 80.7 cm³/mol. The van der Waals surface area contributed by atoms with Gasteiger partial charge in [-0.15, -0.1) is 23.3 Å². The first-order valence-electron chi connectivity index (χ1n) is 4.54. The van der Waals surface area contributed by atoms with Gasteiger partial charge in [0.05, 0.1) is 0 Å². The van der Waals surface area contributed by atoms with E-state index in [9.17, 15) is 25.9 Å². The summed E-state index contributed by atoms with van der Waals surface area (Å²) in [6.07, 6.45) is 0.611. The molecule has 0 radical (unpaired) electrons. The molecule has 0 N–H and O–H groups in total. The third kappa shape index (κ3) is 13.2. The third-order valence-corrected chi connectivity index (χ3v) is 9.01. The minimum atomic E-state index is -4.13. The van der Waals surface area contributed by atoms with Crippen LogP contribution in [0.4, 0.5) is 0 Å². The molecule has 19 heavy (non-hydrogen) atoms. The van der Waals surface area contributed by atoms with Gasteiger partial charge in [0.15, 0.2) is 0 Å². The van der Waals surface area contributed by atoms with Crippen LogP contribution in [0.25, 0.3) is 0 Å². The molecule has 0 aliphatic rings. The van der Waals surface area contributed by atoms with E-state index >= 15 is 0 Å². The molecule has 0 saturated carbocycles. The zero-order valence-electron chi connectivity index (χ0n) is 10.3. The van der Waals surface area contributed by atoms with E-state index in [-0.39, 0.29) is 19.5 Å². The van der Waals surface area contributed by atoms with E-state index in [4.69, 9.17) is 0 Å². The standard InChI is InChI=1S/2C3H8O3S3.Zn/c2*1-2-3(8-7)9(4,5)6;/h2*3,7H,2H2,1H3,(H,4,5,6);/q;;+2/p-2. The molecule has 0 aromatic heterocycles. The molecule has 2 atom stereocenters. The first-order valence-corrected chi connectivity index (χ1v) is 11.3. The summed E-state index contributed by atoms with van der Waals surface area (Å²) in [6, 6.07) is 0. The summed E-state index contributed by atoms with van der Waals surface area (Å²) < 4.78 is 59.2. The van der Waals surface area contributed by atoms with Crippen molar-refractivity contribution < 1.29 is 45.4 Å². The Labute approximate surface area is 145 Å². The van der Waals surface area contributed by atoms with Crippen molar-refractivity contribution in [3.05, 3.63) is 0 Å². The van der Waals surface area contributed by atoms with Gasteiger partial charge in [-0.05, 0) is 12.8 Å². The van der Waals surface area contributed by atoms with E-state index in [1.807, 2.05) is 0 Å². The van der Waals surface area contributed by atoms with Crippen LogP contribution >= 0.6 is 44.9 Å². The fourth-order valence-electron chi connectivity index (χ4n) is 0.663. The maximum atomic E-state index is 10.2. The Balaban J connectivity index is -0.000000256. The molecule has 6 nitrogen and oxygen atoms in total. The van der Waals surface area contributed by atoms with E-state index in [0.717, 1.165) is 21.6 Å². The second-order valence-corrected chi connectivity index (χ2v) is 9.40. The van der Waals surface area contributed by atoms with Crippen molar-refractivity contribution >= 4 is 65.1 Å². The molecule has 2 unspecified atom stereocenters. The monoisotopic (exact) mass is 438 g/mol. The molecule has 0 aliphatic heterocycles. The van der Waals surface area contributed by atoms with Crippen LogP contribution in [-0.4, -0.2) is 35.1 Å². The van der Waals surface area contributed by atoms with Gasteiger partial charge in [0, 0.05) is 0 Å². The van der Waals surface area contributed by atoms with Crippen LogP contribution in [0.2, 0.25) is 0 Å². The van der Waals surface area contributed by atoms with Crippen LogP contribution in [-0.2, 0) is 39.7 Å². The topological polar surface area (TPSA) is 114 Å². The normalized spacial score (nSPS) is 14.6. The van der Waals surface area contributed by atoms with Gasteiger partial charge in [-0.25, -0.2) is 16.8 Å². The molecular weight excluding hydrogens is 426 g/mol. The maximum Gasteiger partial charge on any atom is 2.00 e. The quantitative estimate of drug-likeness (QED) is 0.278. The summed E-state index contributed by atoms with van der Waals surface area (Å²) >= 11 is 7.25. The van der Waals surface area contributed by atoms with E-state index in [1.165, 1.54) is 0 Å². The molecule has 0 spiro atoms. The van der Waals surface area contributed by atoms with Gasteiger partial charge in [-0.2, -0.15) is 0 Å². The fourth-order valence-corrected chi connectivity index (χ4v) is 5.41. The molecule has 0 bridgehead atoms. The molecule has 0 fully saturated rings. The van der Waals surface area contributed by atoms with Crippen LogP contribution in [0.1, 0.15) is 26.7 Å². The molecule has 0 amide bonds. The third-order valence-electron chi connectivity index (χ3n) is 1.55. The Morgan fingerprint density at radius 3 is 1.11 bits per heavy atom. The smallest absolute Gasteiger partial charge is 0.747 e. The second kappa shape index (κ2) is 12.4. The first-order chi connectivity index (χ1) is 8.04. The van der Waals surface area contributed by atoms with Crippen molar-refractivity contribution in [2.75, 3.05) is 0 Å². The van der Waals surface area contributed by atoms with E-state index in [2.05, 4.69) is 23.3 Å².